The first kappa shape index (κ1) is 18.3. The Morgan fingerprint density at radius 1 is 1.36 bits per heavy atom. The maximum atomic E-state index is 12.3. The highest BCUT2D eigenvalue weighted by Gasteiger charge is 2.30. The van der Waals surface area contributed by atoms with Gasteiger partial charge in [0, 0.05) is 36.1 Å². The molecule has 7 nitrogen and oxygen atoms in total. The Bertz CT molecular complexity index is 990. The van der Waals surface area contributed by atoms with E-state index in [2.05, 4.69) is 20.6 Å². The molecule has 7 heteroatoms. The summed E-state index contributed by atoms with van der Waals surface area (Å²) in [4.78, 5) is 21.0. The molecule has 1 fully saturated rings. The van der Waals surface area contributed by atoms with Gasteiger partial charge in [0.2, 0.25) is 0 Å². The van der Waals surface area contributed by atoms with Gasteiger partial charge in [-0.05, 0) is 61.6 Å². The molecule has 1 aliphatic carbocycles. The zero-order valence-electron chi connectivity index (χ0n) is 16.0. The zero-order valence-corrected chi connectivity index (χ0v) is 16.0. The molecule has 2 heterocycles. The number of nitrogens with two attached hydrogens (primary N) is 1. The predicted octanol–water partition coefficient (Wildman–Crippen LogP) is 2.84. The highest BCUT2D eigenvalue weighted by Crippen LogP contribution is 2.29. The Morgan fingerprint density at radius 3 is 2.75 bits per heavy atom. The number of amidine groups is 1. The van der Waals surface area contributed by atoms with Crippen molar-refractivity contribution in [2.45, 2.75) is 44.8 Å². The first-order valence-electron chi connectivity index (χ1n) is 9.42. The lowest BCUT2D eigenvalue weighted by Crippen LogP contribution is -2.47. The van der Waals surface area contributed by atoms with Crippen molar-refractivity contribution in [2.24, 2.45) is 10.7 Å². The second-order valence-corrected chi connectivity index (χ2v) is 7.80. The number of carbonyl (C=O) groups is 1. The lowest BCUT2D eigenvalue weighted by molar-refractivity contribution is 0.0946. The first-order chi connectivity index (χ1) is 13.3. The monoisotopic (exact) mass is 376 g/mol. The molecule has 1 aromatic carbocycles. The van der Waals surface area contributed by atoms with Crippen LogP contribution in [-0.4, -0.2) is 34.6 Å². The van der Waals surface area contributed by atoms with E-state index in [4.69, 9.17) is 11.1 Å². The van der Waals surface area contributed by atoms with Crippen molar-refractivity contribution in [3.8, 4) is 11.1 Å². The molecular weight excluding hydrogens is 352 g/mol. The Hall–Kier alpha value is -3.06. The molecular formula is C21H24N6O. The minimum atomic E-state index is -0.501. The average molecular weight is 376 g/mol. The van der Waals surface area contributed by atoms with E-state index in [9.17, 15) is 4.79 Å². The van der Waals surface area contributed by atoms with Crippen LogP contribution in [0.25, 0.3) is 11.1 Å². The van der Waals surface area contributed by atoms with E-state index in [1.54, 1.807) is 6.20 Å². The van der Waals surface area contributed by atoms with E-state index in [1.165, 1.54) is 6.21 Å². The predicted molar refractivity (Wildman–Crippen MR) is 111 cm³/mol. The van der Waals surface area contributed by atoms with Crippen molar-refractivity contribution >= 4 is 23.6 Å². The van der Waals surface area contributed by atoms with Crippen molar-refractivity contribution in [3.05, 3.63) is 47.3 Å². The molecule has 0 spiro atoms. The summed E-state index contributed by atoms with van der Waals surface area (Å²) in [6.45, 7) is 3.84. The summed E-state index contributed by atoms with van der Waals surface area (Å²) in [5.41, 5.74) is 10.2. The van der Waals surface area contributed by atoms with Gasteiger partial charge in [-0.25, -0.2) is 0 Å². The van der Waals surface area contributed by atoms with Crippen LogP contribution in [0.5, 0.6) is 0 Å². The van der Waals surface area contributed by atoms with Crippen molar-refractivity contribution in [1.82, 2.24) is 10.3 Å². The van der Waals surface area contributed by atoms with Gasteiger partial charge >= 0.3 is 0 Å². The summed E-state index contributed by atoms with van der Waals surface area (Å²) in [6.07, 6.45) is 5.78. The lowest BCUT2D eigenvalue weighted by Gasteiger charge is -2.31. The summed E-state index contributed by atoms with van der Waals surface area (Å²) >= 11 is 0. The fourth-order valence-electron chi connectivity index (χ4n) is 3.27. The average Bonchev–Trinajstić information content (AvgIpc) is 3.45. The molecule has 1 aliphatic heterocycles. The molecule has 2 aromatic rings. The minimum Gasteiger partial charge on any atom is -0.348 e. The van der Waals surface area contributed by atoms with Gasteiger partial charge in [-0.2, -0.15) is 0 Å². The number of benzene rings is 1. The standard InChI is InChI=1S/C21H24N6O/c1-12-11-24-18(20(28)25-15-4-5-15)8-16(12)13-3-6-17(14(7-13)10-22)26-19-9-21(2,23)27-19/h3,6-8,10-11,15,22H,4-5,9,23H2,1-2H3,(H,25,28)(H,26,27). The van der Waals surface area contributed by atoms with Gasteiger partial charge in [0.05, 0.1) is 0 Å². The number of amides is 1. The molecule has 1 unspecified atom stereocenters. The van der Waals surface area contributed by atoms with Gasteiger partial charge in [0.1, 0.15) is 17.2 Å². The normalized spacial score (nSPS) is 20.8. The van der Waals surface area contributed by atoms with Gasteiger partial charge in [0.25, 0.3) is 5.91 Å². The SMILES string of the molecule is Cc1cnc(C(=O)NC2CC2)cc1-c1ccc(NC2=NC(C)(N)C2)c(C=N)c1. The molecule has 1 amide bonds. The number of anilines is 1. The Morgan fingerprint density at radius 2 is 2.11 bits per heavy atom. The second kappa shape index (κ2) is 6.83. The minimum absolute atomic E-state index is 0.137. The van der Waals surface area contributed by atoms with Crippen LogP contribution in [0.2, 0.25) is 0 Å². The summed E-state index contributed by atoms with van der Waals surface area (Å²) in [7, 11) is 0. The zero-order chi connectivity index (χ0) is 19.9. The number of aryl methyl sites for hydroxylation is 1. The van der Waals surface area contributed by atoms with Crippen LogP contribution in [0.15, 0.2) is 35.5 Å². The smallest absolute Gasteiger partial charge is 0.270 e. The fraction of sp³-hybridized carbons (Fsp3) is 0.333. The van der Waals surface area contributed by atoms with Crippen LogP contribution >= 0.6 is 0 Å². The molecule has 0 bridgehead atoms. The fourth-order valence-corrected chi connectivity index (χ4v) is 3.27. The van der Waals surface area contributed by atoms with Crippen molar-refractivity contribution in [1.29, 1.82) is 5.41 Å². The maximum Gasteiger partial charge on any atom is 0.270 e. The van der Waals surface area contributed by atoms with E-state index in [-0.39, 0.29) is 5.91 Å². The van der Waals surface area contributed by atoms with Crippen LogP contribution in [0, 0.1) is 12.3 Å². The summed E-state index contributed by atoms with van der Waals surface area (Å²) in [6, 6.07) is 7.94. The Labute approximate surface area is 164 Å². The van der Waals surface area contributed by atoms with E-state index in [1.807, 2.05) is 38.1 Å². The molecule has 2 aliphatic rings. The molecule has 0 saturated heterocycles. The molecule has 144 valence electrons. The van der Waals surface area contributed by atoms with E-state index in [0.717, 1.165) is 46.6 Å². The maximum absolute atomic E-state index is 12.3. The molecule has 4 rings (SSSR count). The van der Waals surface area contributed by atoms with Crippen LogP contribution in [0.3, 0.4) is 0 Å². The number of pyridine rings is 1. The molecule has 5 N–H and O–H groups in total. The topological polar surface area (TPSA) is 116 Å². The molecule has 0 radical (unpaired) electrons. The third kappa shape index (κ3) is 3.80. The summed E-state index contributed by atoms with van der Waals surface area (Å²) in [5.74, 6) is 0.683. The van der Waals surface area contributed by atoms with Crippen molar-refractivity contribution in [2.75, 3.05) is 5.32 Å². The Kier molecular flexibility index (Phi) is 4.47. The molecule has 1 aromatic heterocycles. The summed E-state index contributed by atoms with van der Waals surface area (Å²) < 4.78 is 0. The van der Waals surface area contributed by atoms with Gasteiger partial charge in [0.15, 0.2) is 0 Å². The van der Waals surface area contributed by atoms with Crippen LogP contribution < -0.4 is 16.4 Å². The Balaban J connectivity index is 1.61. The van der Waals surface area contributed by atoms with Gasteiger partial charge in [-0.3, -0.25) is 14.8 Å². The number of nitrogens with zero attached hydrogens (tertiary/aromatic N) is 2. The molecule has 1 atom stereocenters. The number of rotatable bonds is 5. The van der Waals surface area contributed by atoms with Gasteiger partial charge in [-0.15, -0.1) is 0 Å². The highest BCUT2D eigenvalue weighted by atomic mass is 16.2. The van der Waals surface area contributed by atoms with E-state index in [0.29, 0.717) is 18.2 Å². The van der Waals surface area contributed by atoms with Crippen LogP contribution in [0.4, 0.5) is 5.69 Å². The third-order valence-electron chi connectivity index (χ3n) is 4.96. The summed E-state index contributed by atoms with van der Waals surface area (Å²) in [5, 5.41) is 14.0. The first-order valence-corrected chi connectivity index (χ1v) is 9.42. The number of nitrogens with one attached hydrogen (secondary N) is 3. The highest BCUT2D eigenvalue weighted by molar-refractivity contribution is 6.03. The number of aromatic nitrogens is 1. The number of hydrogen-bond acceptors (Lipinski definition) is 6. The van der Waals surface area contributed by atoms with Crippen molar-refractivity contribution < 1.29 is 4.79 Å². The number of hydrogen-bond donors (Lipinski definition) is 4. The van der Waals surface area contributed by atoms with E-state index >= 15 is 0 Å². The number of carbonyl (C=O) groups excluding carboxylic acids is 1. The largest absolute Gasteiger partial charge is 0.348 e. The van der Waals surface area contributed by atoms with Gasteiger partial charge < -0.3 is 21.8 Å². The lowest BCUT2D eigenvalue weighted by atomic mass is 9.98. The second-order valence-electron chi connectivity index (χ2n) is 7.80. The number of aliphatic imine (C=N–C) groups is 1. The van der Waals surface area contributed by atoms with Gasteiger partial charge in [-0.1, -0.05) is 6.07 Å². The quantitative estimate of drug-likeness (QED) is 0.600. The third-order valence-corrected chi connectivity index (χ3v) is 4.96. The molecule has 28 heavy (non-hydrogen) atoms. The van der Waals surface area contributed by atoms with Crippen LogP contribution in [0.1, 0.15) is 47.8 Å². The molecule has 1 saturated carbocycles. The van der Waals surface area contributed by atoms with Crippen molar-refractivity contribution in [3.63, 3.8) is 0 Å². The van der Waals surface area contributed by atoms with Crippen LogP contribution in [-0.2, 0) is 0 Å². The van der Waals surface area contributed by atoms with E-state index < -0.39 is 5.66 Å².